The first-order valence-corrected chi connectivity index (χ1v) is 14.3. The van der Waals surface area contributed by atoms with E-state index < -0.39 is 42.3 Å². The Morgan fingerprint density at radius 3 is 2.02 bits per heavy atom. The van der Waals surface area contributed by atoms with Gasteiger partial charge in [0.25, 0.3) is 0 Å². The molecular formula is C29H44N6O8. The number of carbonyl (C=O) groups is 7. The first-order chi connectivity index (χ1) is 20.4. The zero-order chi connectivity index (χ0) is 32.2. The van der Waals surface area contributed by atoms with Gasteiger partial charge >= 0.3 is 0 Å². The number of hydrogen-bond acceptors (Lipinski definition) is 8. The van der Waals surface area contributed by atoms with E-state index in [9.17, 15) is 38.7 Å². The van der Waals surface area contributed by atoms with Gasteiger partial charge in [0.15, 0.2) is 0 Å². The van der Waals surface area contributed by atoms with Gasteiger partial charge in [0.1, 0.15) is 6.04 Å². The normalized spacial score (nSPS) is 11.9. The summed E-state index contributed by atoms with van der Waals surface area (Å²) in [5, 5.41) is 21.6. The summed E-state index contributed by atoms with van der Waals surface area (Å²) in [5.41, 5.74) is 0.762. The average Bonchev–Trinajstić information content (AvgIpc) is 2.98. The van der Waals surface area contributed by atoms with Crippen LogP contribution in [0.1, 0.15) is 52.0 Å². The molecule has 2 unspecified atom stereocenters. The second-order valence-electron chi connectivity index (χ2n) is 10.3. The molecule has 14 heteroatoms. The first kappa shape index (κ1) is 36.7. The number of aliphatic hydroxyl groups excluding tert-OH is 1. The number of carbonyl (C=O) groups excluding carboxylic acids is 7. The molecule has 6 N–H and O–H groups in total. The van der Waals surface area contributed by atoms with Crippen molar-refractivity contribution in [3.63, 3.8) is 0 Å². The number of amides is 7. The predicted molar refractivity (Wildman–Crippen MR) is 157 cm³/mol. The molecule has 1 aromatic rings. The maximum Gasteiger partial charge on any atom is 0.243 e. The van der Waals surface area contributed by atoms with Gasteiger partial charge in [0.2, 0.25) is 41.9 Å². The van der Waals surface area contributed by atoms with Gasteiger partial charge in [0, 0.05) is 31.8 Å². The van der Waals surface area contributed by atoms with E-state index >= 15 is 0 Å². The number of hydrogen-bond donors (Lipinski definition) is 6. The summed E-state index contributed by atoms with van der Waals surface area (Å²) in [6.07, 6.45) is 1.73. The molecule has 0 heterocycles. The third-order valence-electron chi connectivity index (χ3n) is 6.05. The number of unbranched alkanes of at least 4 members (excludes halogenated alkanes) is 2. The highest BCUT2D eigenvalue weighted by molar-refractivity contribution is 5.93. The van der Waals surface area contributed by atoms with Crippen LogP contribution in [-0.2, 0) is 40.0 Å². The molecule has 0 saturated heterocycles. The van der Waals surface area contributed by atoms with Crippen LogP contribution < -0.4 is 26.6 Å². The second-order valence-corrected chi connectivity index (χ2v) is 10.3. The summed E-state index contributed by atoms with van der Waals surface area (Å²) in [6.45, 7) is 4.10. The van der Waals surface area contributed by atoms with E-state index in [-0.39, 0.29) is 56.8 Å². The third-order valence-corrected chi connectivity index (χ3v) is 6.05. The van der Waals surface area contributed by atoms with E-state index in [0.29, 0.717) is 25.7 Å². The lowest BCUT2D eigenvalue weighted by Gasteiger charge is -2.19. The summed E-state index contributed by atoms with van der Waals surface area (Å²) >= 11 is 0. The third kappa shape index (κ3) is 16.6. The molecule has 0 aliphatic rings. The Bertz CT molecular complexity index is 1080. The molecule has 1 rings (SSSR count). The van der Waals surface area contributed by atoms with Crippen LogP contribution in [-0.4, -0.2) is 96.7 Å². The monoisotopic (exact) mass is 604 g/mol. The number of imide groups is 1. The maximum absolute atomic E-state index is 12.8. The lowest BCUT2D eigenvalue weighted by atomic mass is 10.1. The van der Waals surface area contributed by atoms with E-state index in [1.54, 1.807) is 44.2 Å². The topological polar surface area (TPSA) is 203 Å². The molecule has 0 radical (unpaired) electrons. The highest BCUT2D eigenvalue weighted by atomic mass is 16.3. The van der Waals surface area contributed by atoms with Gasteiger partial charge < -0.3 is 31.7 Å². The van der Waals surface area contributed by atoms with Gasteiger partial charge in [-0.15, -0.1) is 0 Å². The van der Waals surface area contributed by atoms with E-state index in [2.05, 4.69) is 26.6 Å². The number of aliphatic hydroxyl groups is 1. The summed E-state index contributed by atoms with van der Waals surface area (Å²) in [4.78, 5) is 85.4. The first-order valence-electron chi connectivity index (χ1n) is 14.3. The van der Waals surface area contributed by atoms with Crippen LogP contribution in [0.3, 0.4) is 0 Å². The Morgan fingerprint density at radius 1 is 0.791 bits per heavy atom. The van der Waals surface area contributed by atoms with E-state index in [4.69, 9.17) is 0 Å². The SMILES string of the molecule is CC(O)CNC(=O)CNC(=O)C(Cc1ccccc1)NC(=O)CNC(=O)CNC(=O)CCCCCN(C=O)C(=O)C(C)C. The van der Waals surface area contributed by atoms with Crippen molar-refractivity contribution in [3.8, 4) is 0 Å². The Labute approximate surface area is 251 Å². The molecule has 43 heavy (non-hydrogen) atoms. The van der Waals surface area contributed by atoms with Crippen LogP contribution in [0.5, 0.6) is 0 Å². The summed E-state index contributed by atoms with van der Waals surface area (Å²) < 4.78 is 0. The van der Waals surface area contributed by atoms with Crippen LogP contribution in [0.2, 0.25) is 0 Å². The van der Waals surface area contributed by atoms with Crippen molar-refractivity contribution in [2.75, 3.05) is 32.7 Å². The van der Waals surface area contributed by atoms with Gasteiger partial charge in [-0.25, -0.2) is 0 Å². The summed E-state index contributed by atoms with van der Waals surface area (Å²) in [7, 11) is 0. The number of benzene rings is 1. The molecule has 238 valence electrons. The fourth-order valence-electron chi connectivity index (χ4n) is 3.72. The van der Waals surface area contributed by atoms with Crippen molar-refractivity contribution in [1.82, 2.24) is 31.5 Å². The predicted octanol–water partition coefficient (Wildman–Crippen LogP) is -1.24. The Balaban J connectivity index is 2.43. The standard InChI is InChI=1S/C29H44N6O8/c1-20(2)29(43)35(19-36)13-9-5-8-12-24(38)31-16-25(39)32-18-27(41)34-23(14-22-10-6-4-7-11-22)28(42)33-17-26(40)30-15-21(3)37/h4,6-7,10-11,19-21,23,37H,5,8-9,12-18H2,1-3H3,(H,30,40)(H,31,38)(H,32,39)(H,33,42)(H,34,41). The largest absolute Gasteiger partial charge is 0.392 e. The average molecular weight is 605 g/mol. The fourth-order valence-corrected chi connectivity index (χ4v) is 3.72. The number of nitrogens with zero attached hydrogens (tertiary/aromatic N) is 1. The van der Waals surface area contributed by atoms with Gasteiger partial charge in [-0.1, -0.05) is 50.6 Å². The molecule has 2 atom stereocenters. The van der Waals surface area contributed by atoms with Crippen molar-refractivity contribution in [2.45, 2.75) is 65.0 Å². The second kappa shape index (κ2) is 20.5. The molecule has 0 aliphatic heterocycles. The molecule has 7 amide bonds. The van der Waals surface area contributed by atoms with Crippen LogP contribution in [0.25, 0.3) is 0 Å². The van der Waals surface area contributed by atoms with Gasteiger partial charge in [-0.2, -0.15) is 0 Å². The highest BCUT2D eigenvalue weighted by Gasteiger charge is 2.22. The lowest BCUT2D eigenvalue weighted by Crippen LogP contribution is -2.52. The quantitative estimate of drug-likeness (QED) is 0.0783. The van der Waals surface area contributed by atoms with Crippen molar-refractivity contribution in [2.24, 2.45) is 5.92 Å². The van der Waals surface area contributed by atoms with Crippen LogP contribution in [0.15, 0.2) is 30.3 Å². The van der Waals surface area contributed by atoms with Crippen LogP contribution >= 0.6 is 0 Å². The molecule has 0 spiro atoms. The Kier molecular flexibility index (Phi) is 17.5. The van der Waals surface area contributed by atoms with Crippen LogP contribution in [0.4, 0.5) is 0 Å². The minimum Gasteiger partial charge on any atom is -0.392 e. The number of nitrogens with one attached hydrogen (secondary N) is 5. The van der Waals surface area contributed by atoms with E-state index in [1.807, 2.05) is 0 Å². The molecular weight excluding hydrogens is 560 g/mol. The molecule has 1 aromatic carbocycles. The van der Waals surface area contributed by atoms with Crippen molar-refractivity contribution in [3.05, 3.63) is 35.9 Å². The van der Waals surface area contributed by atoms with Crippen molar-refractivity contribution in [1.29, 1.82) is 0 Å². The van der Waals surface area contributed by atoms with E-state index in [1.165, 1.54) is 6.92 Å². The molecule has 0 saturated carbocycles. The van der Waals surface area contributed by atoms with Crippen molar-refractivity contribution < 1.29 is 38.7 Å². The molecule has 14 nitrogen and oxygen atoms in total. The minimum absolute atomic E-state index is 0.0299. The zero-order valence-electron chi connectivity index (χ0n) is 25.0. The summed E-state index contributed by atoms with van der Waals surface area (Å²) in [6, 6.07) is 7.89. The molecule has 0 aliphatic carbocycles. The Hall–Kier alpha value is -4.33. The smallest absolute Gasteiger partial charge is 0.243 e. The number of rotatable bonds is 20. The summed E-state index contributed by atoms with van der Waals surface area (Å²) in [5.74, 6) is -3.25. The minimum atomic E-state index is -1.03. The highest BCUT2D eigenvalue weighted by Crippen LogP contribution is 2.05. The maximum atomic E-state index is 12.8. The van der Waals surface area contributed by atoms with Gasteiger partial charge in [-0.3, -0.25) is 38.5 Å². The van der Waals surface area contributed by atoms with Crippen LogP contribution in [0, 0.1) is 5.92 Å². The molecule has 0 aromatic heterocycles. The molecule has 0 bridgehead atoms. The van der Waals surface area contributed by atoms with Crippen molar-refractivity contribution >= 4 is 41.9 Å². The van der Waals surface area contributed by atoms with E-state index in [0.717, 1.165) is 10.5 Å². The molecule has 0 fully saturated rings. The fraction of sp³-hybridized carbons (Fsp3) is 0.552. The lowest BCUT2D eigenvalue weighted by molar-refractivity contribution is -0.140. The Morgan fingerprint density at radius 2 is 1.40 bits per heavy atom. The zero-order valence-corrected chi connectivity index (χ0v) is 25.0. The van der Waals surface area contributed by atoms with Gasteiger partial charge in [-0.05, 0) is 25.3 Å². The van der Waals surface area contributed by atoms with Gasteiger partial charge in [0.05, 0.1) is 25.7 Å².